The molecule has 1 saturated heterocycles. The normalized spacial score (nSPS) is 17.8. The molecule has 9 nitrogen and oxygen atoms in total. The Kier molecular flexibility index (Phi) is 7.88. The molecule has 2 aromatic carbocycles. The molecule has 0 bridgehead atoms. The topological polar surface area (TPSA) is 115 Å². The van der Waals surface area contributed by atoms with Crippen LogP contribution in [-0.4, -0.2) is 66.0 Å². The standard InChI is InChI=1S/C25H28ClFN6O3/c1-15-22(23(28)34)24(33(31-15)17-6-4-3-5-7-17)30-25(35)29-21-14-32(10-11-36-2)13-18(21)16-8-9-20(27)19(26)12-16/h3-9,12,18,21H,10-11,13-14H2,1-2H3,(H2,28,34)(H2,29,30,35). The molecular weight excluding hydrogens is 487 g/mol. The maximum atomic E-state index is 13.8. The first-order valence-electron chi connectivity index (χ1n) is 11.5. The van der Waals surface area contributed by atoms with Crippen LogP contribution in [0.15, 0.2) is 48.5 Å². The van der Waals surface area contributed by atoms with Gasteiger partial charge < -0.3 is 15.8 Å². The van der Waals surface area contributed by atoms with E-state index in [2.05, 4.69) is 20.6 Å². The predicted octanol–water partition coefficient (Wildman–Crippen LogP) is 3.31. The first kappa shape index (κ1) is 25.6. The summed E-state index contributed by atoms with van der Waals surface area (Å²) in [7, 11) is 1.63. The molecule has 11 heteroatoms. The Morgan fingerprint density at radius 1 is 1.22 bits per heavy atom. The molecule has 4 rings (SSSR count). The van der Waals surface area contributed by atoms with Gasteiger partial charge in [-0.15, -0.1) is 0 Å². The Labute approximate surface area is 213 Å². The smallest absolute Gasteiger partial charge is 0.320 e. The Bertz CT molecular complexity index is 1250. The molecular formula is C25H28ClFN6O3. The Hall–Kier alpha value is -3.47. The van der Waals surface area contributed by atoms with Crippen molar-refractivity contribution in [2.75, 3.05) is 38.7 Å². The zero-order valence-electron chi connectivity index (χ0n) is 20.0. The summed E-state index contributed by atoms with van der Waals surface area (Å²) in [6, 6.07) is 12.9. The van der Waals surface area contributed by atoms with Crippen LogP contribution in [0.25, 0.3) is 5.69 Å². The van der Waals surface area contributed by atoms with Gasteiger partial charge in [-0.1, -0.05) is 35.9 Å². The second-order valence-electron chi connectivity index (χ2n) is 8.66. The van der Waals surface area contributed by atoms with E-state index in [1.807, 2.05) is 18.2 Å². The summed E-state index contributed by atoms with van der Waals surface area (Å²) in [6.07, 6.45) is 0. The molecule has 3 aromatic rings. The minimum Gasteiger partial charge on any atom is -0.383 e. The molecule has 2 unspecified atom stereocenters. The number of likely N-dealkylation sites (tertiary alicyclic amines) is 1. The van der Waals surface area contributed by atoms with Crippen molar-refractivity contribution in [1.82, 2.24) is 20.0 Å². The molecule has 1 aromatic heterocycles. The lowest BCUT2D eigenvalue weighted by Gasteiger charge is -2.21. The van der Waals surface area contributed by atoms with Crippen molar-refractivity contribution in [3.05, 3.63) is 76.2 Å². The molecule has 190 valence electrons. The third-order valence-corrected chi connectivity index (χ3v) is 6.52. The van der Waals surface area contributed by atoms with Crippen molar-refractivity contribution in [2.45, 2.75) is 18.9 Å². The molecule has 2 atom stereocenters. The maximum absolute atomic E-state index is 13.8. The molecule has 3 amide bonds. The Morgan fingerprint density at radius 3 is 2.64 bits per heavy atom. The number of halogens is 2. The third-order valence-electron chi connectivity index (χ3n) is 6.23. The number of hydrogen-bond acceptors (Lipinski definition) is 5. The molecule has 0 saturated carbocycles. The monoisotopic (exact) mass is 514 g/mol. The number of benzene rings is 2. The highest BCUT2D eigenvalue weighted by atomic mass is 35.5. The number of rotatable bonds is 8. The number of para-hydroxylation sites is 1. The van der Waals surface area contributed by atoms with E-state index >= 15 is 0 Å². The maximum Gasteiger partial charge on any atom is 0.320 e. The molecule has 1 aliphatic rings. The summed E-state index contributed by atoms with van der Waals surface area (Å²) in [4.78, 5) is 27.6. The van der Waals surface area contributed by atoms with Crippen molar-refractivity contribution in [1.29, 1.82) is 0 Å². The van der Waals surface area contributed by atoms with Gasteiger partial charge in [0.1, 0.15) is 11.4 Å². The van der Waals surface area contributed by atoms with Gasteiger partial charge in [0.25, 0.3) is 5.91 Å². The first-order chi connectivity index (χ1) is 17.3. The highest BCUT2D eigenvalue weighted by molar-refractivity contribution is 6.30. The summed E-state index contributed by atoms with van der Waals surface area (Å²) in [6.45, 7) is 4.04. The molecule has 0 aliphatic carbocycles. The number of methoxy groups -OCH3 is 1. The number of carbonyl (C=O) groups is 2. The second kappa shape index (κ2) is 11.1. The Morgan fingerprint density at radius 2 is 1.97 bits per heavy atom. The van der Waals surface area contributed by atoms with Gasteiger partial charge in [-0.25, -0.2) is 13.9 Å². The number of urea groups is 1. The van der Waals surface area contributed by atoms with Crippen LogP contribution < -0.4 is 16.4 Å². The van der Waals surface area contributed by atoms with Crippen LogP contribution in [0.5, 0.6) is 0 Å². The van der Waals surface area contributed by atoms with Crippen molar-refractivity contribution in [3.8, 4) is 5.69 Å². The van der Waals surface area contributed by atoms with E-state index in [1.54, 1.807) is 38.3 Å². The summed E-state index contributed by atoms with van der Waals surface area (Å²) in [5, 5.41) is 10.2. The van der Waals surface area contributed by atoms with Crippen molar-refractivity contribution in [3.63, 3.8) is 0 Å². The van der Waals surface area contributed by atoms with E-state index in [0.29, 0.717) is 37.6 Å². The lowest BCUT2D eigenvalue weighted by Crippen LogP contribution is -2.42. The third kappa shape index (κ3) is 5.51. The van der Waals surface area contributed by atoms with E-state index in [0.717, 1.165) is 5.56 Å². The van der Waals surface area contributed by atoms with E-state index in [9.17, 15) is 14.0 Å². The number of nitrogens with two attached hydrogens (primary N) is 1. The van der Waals surface area contributed by atoms with E-state index in [4.69, 9.17) is 22.1 Å². The number of aromatic nitrogens is 2. The summed E-state index contributed by atoms with van der Waals surface area (Å²) >= 11 is 6.04. The van der Waals surface area contributed by atoms with Crippen LogP contribution >= 0.6 is 11.6 Å². The number of primary amides is 1. The van der Waals surface area contributed by atoms with Crippen LogP contribution in [0.2, 0.25) is 5.02 Å². The largest absolute Gasteiger partial charge is 0.383 e. The van der Waals surface area contributed by atoms with Crippen molar-refractivity contribution < 1.29 is 18.7 Å². The van der Waals surface area contributed by atoms with Gasteiger partial charge in [-0.2, -0.15) is 5.10 Å². The average molecular weight is 515 g/mol. The SMILES string of the molecule is COCCN1CC(NC(=O)Nc2c(C(N)=O)c(C)nn2-c2ccccc2)C(c2ccc(F)c(Cl)c2)C1. The summed E-state index contributed by atoms with van der Waals surface area (Å²) < 4.78 is 20.5. The minimum atomic E-state index is -0.699. The van der Waals surface area contributed by atoms with Crippen molar-refractivity contribution >= 4 is 29.4 Å². The van der Waals surface area contributed by atoms with Crippen LogP contribution in [0.4, 0.5) is 15.0 Å². The zero-order chi connectivity index (χ0) is 25.8. The van der Waals surface area contributed by atoms with Crippen LogP contribution in [0.3, 0.4) is 0 Å². The van der Waals surface area contributed by atoms with E-state index in [-0.39, 0.29) is 28.4 Å². The fourth-order valence-electron chi connectivity index (χ4n) is 4.52. The summed E-state index contributed by atoms with van der Waals surface area (Å²) in [5.74, 6) is -1.16. The second-order valence-corrected chi connectivity index (χ2v) is 9.07. The number of nitrogens with one attached hydrogen (secondary N) is 2. The van der Waals surface area contributed by atoms with Crippen LogP contribution in [0.1, 0.15) is 27.5 Å². The van der Waals surface area contributed by atoms with E-state index < -0.39 is 17.8 Å². The number of ether oxygens (including phenoxy) is 1. The first-order valence-corrected chi connectivity index (χ1v) is 11.8. The van der Waals surface area contributed by atoms with Gasteiger partial charge in [-0.3, -0.25) is 15.0 Å². The van der Waals surface area contributed by atoms with Crippen LogP contribution in [0, 0.1) is 12.7 Å². The molecule has 0 spiro atoms. The minimum absolute atomic E-state index is 0.0272. The number of nitrogens with zero attached hydrogens (tertiary/aromatic N) is 3. The predicted molar refractivity (Wildman–Crippen MR) is 135 cm³/mol. The fraction of sp³-hybridized carbons (Fsp3) is 0.320. The van der Waals surface area contributed by atoms with Gasteiger partial charge in [0.05, 0.1) is 29.1 Å². The van der Waals surface area contributed by atoms with Gasteiger partial charge >= 0.3 is 6.03 Å². The number of hydrogen-bond donors (Lipinski definition) is 3. The molecule has 0 radical (unpaired) electrons. The Balaban J connectivity index is 1.59. The summed E-state index contributed by atoms with van der Waals surface area (Å²) in [5.41, 5.74) is 7.61. The number of anilines is 1. The average Bonchev–Trinajstić information content (AvgIpc) is 3.40. The lowest BCUT2D eigenvalue weighted by atomic mass is 9.94. The van der Waals surface area contributed by atoms with E-state index in [1.165, 1.54) is 10.7 Å². The molecule has 36 heavy (non-hydrogen) atoms. The molecule has 1 fully saturated rings. The number of carbonyl (C=O) groups excluding carboxylic acids is 2. The highest BCUT2D eigenvalue weighted by Gasteiger charge is 2.35. The molecule has 4 N–H and O–H groups in total. The quantitative estimate of drug-likeness (QED) is 0.426. The molecule has 2 heterocycles. The van der Waals surface area contributed by atoms with Gasteiger partial charge in [0.15, 0.2) is 5.82 Å². The van der Waals surface area contributed by atoms with Crippen LogP contribution in [-0.2, 0) is 4.74 Å². The fourth-order valence-corrected chi connectivity index (χ4v) is 4.71. The van der Waals surface area contributed by atoms with Crippen molar-refractivity contribution in [2.24, 2.45) is 5.73 Å². The zero-order valence-corrected chi connectivity index (χ0v) is 20.8. The molecule has 1 aliphatic heterocycles. The highest BCUT2D eigenvalue weighted by Crippen LogP contribution is 2.31. The van der Waals surface area contributed by atoms with Gasteiger partial charge in [0.2, 0.25) is 0 Å². The lowest BCUT2D eigenvalue weighted by molar-refractivity contribution is 0.100. The van der Waals surface area contributed by atoms with Gasteiger partial charge in [-0.05, 0) is 36.8 Å². The number of aryl methyl sites for hydroxylation is 1. The number of amides is 3. The van der Waals surface area contributed by atoms with Gasteiger partial charge in [0, 0.05) is 32.7 Å².